The van der Waals surface area contributed by atoms with E-state index in [1.54, 1.807) is 0 Å². The number of hydrogen-bond donors (Lipinski definition) is 1. The summed E-state index contributed by atoms with van der Waals surface area (Å²) in [6.45, 7) is 1.96. The minimum atomic E-state index is -0.949. The summed E-state index contributed by atoms with van der Waals surface area (Å²) in [5, 5.41) is 25.3. The molecule has 2 fully saturated rings. The molecule has 0 bridgehead atoms. The number of hydrogen-bond acceptors (Lipinski definition) is 6. The van der Waals surface area contributed by atoms with E-state index < -0.39 is 18.1 Å². The predicted octanol–water partition coefficient (Wildman–Crippen LogP) is 0.0871. The Hall–Kier alpha value is -2.39. The second-order valence-corrected chi connectivity index (χ2v) is 5.26. The second-order valence-electron chi connectivity index (χ2n) is 5.26. The maximum absolute atomic E-state index is 11.8. The van der Waals surface area contributed by atoms with Gasteiger partial charge in [0.05, 0.1) is 24.0 Å². The third kappa shape index (κ3) is 3.43. The summed E-state index contributed by atoms with van der Waals surface area (Å²) < 4.78 is 0. The Bertz CT molecular complexity index is 484. The second kappa shape index (κ2) is 6.58. The van der Waals surface area contributed by atoms with Gasteiger partial charge in [0.2, 0.25) is 23.3 Å². The van der Waals surface area contributed by atoms with E-state index in [9.17, 15) is 19.6 Å². The Morgan fingerprint density at radius 1 is 1.36 bits per heavy atom. The van der Waals surface area contributed by atoms with Gasteiger partial charge in [0.25, 0.3) is 0 Å². The standard InChI is InChI=1S/C12H18N4O6/c1-8(15-10(17)2-3-11(15)18)22-13-16(21)14-6-4-9(5-7-14)12(19)20/h8-9H,2-7H2,1H3,(H,19,20). The Balaban J connectivity index is 1.86. The van der Waals surface area contributed by atoms with Crippen LogP contribution in [-0.4, -0.2) is 57.1 Å². The summed E-state index contributed by atoms with van der Waals surface area (Å²) >= 11 is 0. The van der Waals surface area contributed by atoms with Crippen molar-refractivity contribution in [2.45, 2.75) is 38.8 Å². The lowest BCUT2D eigenvalue weighted by Crippen LogP contribution is -2.41. The number of hydrazine groups is 1. The maximum atomic E-state index is 11.8. The molecule has 10 nitrogen and oxygen atoms in total. The van der Waals surface area contributed by atoms with Gasteiger partial charge >= 0.3 is 5.97 Å². The molecule has 0 aromatic rings. The molecule has 0 spiro atoms. The number of piperidine rings is 1. The van der Waals surface area contributed by atoms with Gasteiger partial charge < -0.3 is 15.2 Å². The molecule has 1 unspecified atom stereocenters. The molecule has 0 saturated carbocycles. The quantitative estimate of drug-likeness (QED) is 0.330. The molecule has 2 aliphatic heterocycles. The zero-order chi connectivity index (χ0) is 16.3. The van der Waals surface area contributed by atoms with Gasteiger partial charge in [-0.25, -0.2) is 4.90 Å². The Morgan fingerprint density at radius 3 is 2.41 bits per heavy atom. The van der Waals surface area contributed by atoms with E-state index in [1.807, 2.05) is 0 Å². The van der Waals surface area contributed by atoms with E-state index in [0.29, 0.717) is 12.8 Å². The van der Waals surface area contributed by atoms with Crippen molar-refractivity contribution in [2.24, 2.45) is 11.2 Å². The van der Waals surface area contributed by atoms with E-state index >= 15 is 0 Å². The van der Waals surface area contributed by atoms with E-state index in [0.717, 1.165) is 4.90 Å². The van der Waals surface area contributed by atoms with E-state index in [-0.39, 0.29) is 42.7 Å². The average molecular weight is 314 g/mol. The molecule has 1 atom stereocenters. The van der Waals surface area contributed by atoms with Gasteiger partial charge in [0.15, 0.2) is 0 Å². The van der Waals surface area contributed by atoms with Gasteiger partial charge in [0, 0.05) is 12.8 Å². The predicted molar refractivity (Wildman–Crippen MR) is 69.6 cm³/mol. The van der Waals surface area contributed by atoms with Crippen LogP contribution in [0.4, 0.5) is 0 Å². The highest BCUT2D eigenvalue weighted by molar-refractivity contribution is 6.02. The summed E-state index contributed by atoms with van der Waals surface area (Å²) in [6, 6.07) is 0. The summed E-state index contributed by atoms with van der Waals surface area (Å²) in [7, 11) is 0. The van der Waals surface area contributed by atoms with Crippen LogP contribution in [0.3, 0.4) is 0 Å². The van der Waals surface area contributed by atoms with Crippen molar-refractivity contribution in [3.05, 3.63) is 5.21 Å². The van der Waals surface area contributed by atoms with Crippen molar-refractivity contribution in [3.63, 3.8) is 0 Å². The van der Waals surface area contributed by atoms with Gasteiger partial charge in [-0.1, -0.05) is 0 Å². The lowest BCUT2D eigenvalue weighted by Gasteiger charge is -2.26. The Morgan fingerprint density at radius 2 is 1.91 bits per heavy atom. The molecular weight excluding hydrogens is 296 g/mol. The van der Waals surface area contributed by atoms with Crippen LogP contribution in [0.1, 0.15) is 32.6 Å². The summed E-state index contributed by atoms with van der Waals surface area (Å²) in [6.07, 6.45) is 0.0208. The fourth-order valence-electron chi connectivity index (χ4n) is 2.49. The van der Waals surface area contributed by atoms with Crippen LogP contribution in [0.2, 0.25) is 0 Å². The molecule has 2 aliphatic rings. The first kappa shape index (κ1) is 16.0. The number of carbonyl (C=O) groups is 3. The first-order valence-electron chi connectivity index (χ1n) is 7.06. The van der Waals surface area contributed by atoms with Crippen molar-refractivity contribution >= 4 is 17.8 Å². The van der Waals surface area contributed by atoms with Gasteiger partial charge in [-0.2, -0.15) is 0 Å². The van der Waals surface area contributed by atoms with Crippen LogP contribution in [0.5, 0.6) is 0 Å². The molecule has 10 heteroatoms. The van der Waals surface area contributed by atoms with Crippen LogP contribution in [0.25, 0.3) is 0 Å². The fourth-order valence-corrected chi connectivity index (χ4v) is 2.49. The van der Waals surface area contributed by atoms with Gasteiger partial charge in [0.1, 0.15) is 0 Å². The molecule has 2 heterocycles. The van der Waals surface area contributed by atoms with Crippen LogP contribution in [0, 0.1) is 11.1 Å². The van der Waals surface area contributed by atoms with Gasteiger partial charge in [-0.05, 0) is 19.8 Å². The number of amides is 2. The smallest absolute Gasteiger partial charge is 0.306 e. The number of carboxylic acid groups (broad SMARTS) is 1. The number of carboxylic acids is 1. The zero-order valence-electron chi connectivity index (χ0n) is 12.2. The molecule has 2 rings (SSSR count). The topological polar surface area (TPSA) is 126 Å². The normalized spacial score (nSPS) is 22.1. The van der Waals surface area contributed by atoms with Crippen molar-refractivity contribution in [1.29, 1.82) is 0 Å². The van der Waals surface area contributed by atoms with Crippen molar-refractivity contribution in [2.75, 3.05) is 13.1 Å². The number of nitrogens with zero attached hydrogens (tertiary/aromatic N) is 4. The van der Waals surface area contributed by atoms with E-state index in [4.69, 9.17) is 9.94 Å². The summed E-state index contributed by atoms with van der Waals surface area (Å²) in [5.74, 6) is -2.03. The fraction of sp³-hybridized carbons (Fsp3) is 0.750. The molecule has 2 saturated heterocycles. The molecule has 1 N–H and O–H groups in total. The van der Waals surface area contributed by atoms with Crippen LogP contribution in [-0.2, 0) is 19.2 Å². The molecule has 122 valence electrons. The van der Waals surface area contributed by atoms with Crippen LogP contribution < -0.4 is 0 Å². The number of carbonyl (C=O) groups excluding carboxylic acids is 2. The average Bonchev–Trinajstić information content (AvgIpc) is 2.83. The highest BCUT2D eigenvalue weighted by Gasteiger charge is 2.35. The summed E-state index contributed by atoms with van der Waals surface area (Å²) in [4.78, 5) is 39.9. The minimum absolute atomic E-state index is 0.135. The van der Waals surface area contributed by atoms with E-state index in [1.165, 1.54) is 11.9 Å². The highest BCUT2D eigenvalue weighted by Crippen LogP contribution is 2.18. The molecule has 0 aromatic carbocycles. The van der Waals surface area contributed by atoms with Crippen molar-refractivity contribution < 1.29 is 29.3 Å². The third-order valence-corrected chi connectivity index (χ3v) is 3.79. The maximum Gasteiger partial charge on any atom is 0.306 e. The van der Waals surface area contributed by atoms with Crippen LogP contribution >= 0.6 is 0 Å². The van der Waals surface area contributed by atoms with Crippen LogP contribution in [0.15, 0.2) is 5.28 Å². The monoisotopic (exact) mass is 314 g/mol. The van der Waals surface area contributed by atoms with Gasteiger partial charge in [-0.15, -0.1) is 5.01 Å². The molecule has 22 heavy (non-hydrogen) atoms. The molecular formula is C12H18N4O6. The highest BCUT2D eigenvalue weighted by atomic mass is 16.7. The Labute approximate surface area is 126 Å². The van der Waals surface area contributed by atoms with Crippen molar-refractivity contribution in [1.82, 2.24) is 9.91 Å². The number of rotatable bonds is 5. The summed E-state index contributed by atoms with van der Waals surface area (Å²) in [5.41, 5.74) is 0. The first-order chi connectivity index (χ1) is 10.4. The Kier molecular flexibility index (Phi) is 4.78. The lowest BCUT2D eigenvalue weighted by atomic mass is 9.98. The SMILES string of the molecule is CC(ON=[N+]([O-])N1CCC(C(=O)O)CC1)N1C(=O)CCC1=O. The zero-order valence-corrected chi connectivity index (χ0v) is 12.2. The number of imide groups is 1. The largest absolute Gasteiger partial charge is 0.569 e. The molecule has 2 amide bonds. The number of aliphatic carboxylic acids is 1. The minimum Gasteiger partial charge on any atom is -0.569 e. The van der Waals surface area contributed by atoms with E-state index in [2.05, 4.69) is 5.28 Å². The first-order valence-corrected chi connectivity index (χ1v) is 7.06. The lowest BCUT2D eigenvalue weighted by molar-refractivity contribution is -0.714. The number of likely N-dealkylation sites (tertiary alicyclic amines) is 1. The third-order valence-electron chi connectivity index (χ3n) is 3.79. The van der Waals surface area contributed by atoms with Crippen molar-refractivity contribution in [3.8, 4) is 0 Å². The van der Waals surface area contributed by atoms with Gasteiger partial charge in [-0.3, -0.25) is 14.4 Å². The molecule has 0 radical (unpaired) electrons. The molecule has 0 aromatic heterocycles. The molecule has 0 aliphatic carbocycles.